The molecule has 1 aromatic heterocycles. The van der Waals surface area contributed by atoms with Gasteiger partial charge in [-0.3, -0.25) is 0 Å². The Balaban J connectivity index is 1.53. The lowest BCUT2D eigenvalue weighted by Gasteiger charge is -1.97. The lowest BCUT2D eigenvalue weighted by atomic mass is 10.1. The zero-order valence-electron chi connectivity index (χ0n) is 10.6. The van der Waals surface area contributed by atoms with Gasteiger partial charge in [0.2, 0.25) is 5.89 Å². The van der Waals surface area contributed by atoms with Crippen LogP contribution in [0.3, 0.4) is 0 Å². The van der Waals surface area contributed by atoms with E-state index in [1.54, 1.807) is 12.1 Å². The highest BCUT2D eigenvalue weighted by atomic mass is 19.1. The molecule has 2 aromatic rings. The smallest absolute Gasteiger partial charge is 0.240 e. The lowest BCUT2D eigenvalue weighted by molar-refractivity contribution is 0.362. The largest absolute Gasteiger partial charge is 0.338 e. The third-order valence-corrected chi connectivity index (χ3v) is 3.19. The van der Waals surface area contributed by atoms with Crippen molar-refractivity contribution in [2.24, 2.45) is 5.92 Å². The highest BCUT2D eigenvalue weighted by molar-refractivity contribution is 5.19. The molecule has 0 amide bonds. The summed E-state index contributed by atoms with van der Waals surface area (Å²) < 4.78 is 17.9. The van der Waals surface area contributed by atoms with Crippen LogP contribution in [0.1, 0.15) is 30.1 Å². The van der Waals surface area contributed by atoms with Crippen molar-refractivity contribution >= 4 is 0 Å². The molecule has 0 spiro atoms. The normalized spacial score (nSPS) is 14.8. The van der Waals surface area contributed by atoms with Gasteiger partial charge < -0.3 is 9.84 Å². The first kappa shape index (κ1) is 12.3. The molecular weight excluding hydrogens is 245 g/mol. The van der Waals surface area contributed by atoms with Crippen molar-refractivity contribution in [2.75, 3.05) is 6.54 Å². The predicted molar refractivity (Wildman–Crippen MR) is 67.9 cm³/mol. The highest BCUT2D eigenvalue weighted by Crippen LogP contribution is 2.27. The Bertz CT molecular complexity index is 534. The average Bonchev–Trinajstić information content (AvgIpc) is 3.12. The number of halogens is 1. The van der Waals surface area contributed by atoms with E-state index in [4.69, 9.17) is 4.52 Å². The number of hydrogen-bond donors (Lipinski definition) is 1. The molecule has 19 heavy (non-hydrogen) atoms. The van der Waals surface area contributed by atoms with Crippen LogP contribution in [0.15, 0.2) is 28.8 Å². The van der Waals surface area contributed by atoms with Gasteiger partial charge in [0.25, 0.3) is 0 Å². The minimum atomic E-state index is -0.234. The first-order valence-electron chi connectivity index (χ1n) is 6.56. The van der Waals surface area contributed by atoms with Crippen LogP contribution in [0, 0.1) is 11.7 Å². The van der Waals surface area contributed by atoms with Crippen LogP contribution >= 0.6 is 0 Å². The molecule has 0 saturated heterocycles. The van der Waals surface area contributed by atoms with Crippen molar-refractivity contribution in [2.45, 2.75) is 25.8 Å². The van der Waals surface area contributed by atoms with Gasteiger partial charge in [-0.1, -0.05) is 17.3 Å². The molecule has 1 aliphatic rings. The van der Waals surface area contributed by atoms with Crippen molar-refractivity contribution in [3.05, 3.63) is 47.4 Å². The Morgan fingerprint density at radius 1 is 1.26 bits per heavy atom. The summed E-state index contributed by atoms with van der Waals surface area (Å²) in [5.74, 6) is 1.84. The molecule has 5 heteroatoms. The molecule has 1 N–H and O–H groups in total. The maximum absolute atomic E-state index is 12.8. The van der Waals surface area contributed by atoms with E-state index < -0.39 is 0 Å². The van der Waals surface area contributed by atoms with Crippen LogP contribution in [0.25, 0.3) is 0 Å². The summed E-state index contributed by atoms with van der Waals surface area (Å²) in [6.07, 6.45) is 3.21. The summed E-state index contributed by atoms with van der Waals surface area (Å²) >= 11 is 0. The maximum Gasteiger partial charge on any atom is 0.240 e. The first-order valence-corrected chi connectivity index (χ1v) is 6.56. The molecule has 0 bridgehead atoms. The number of rotatable bonds is 6. The third kappa shape index (κ3) is 3.61. The SMILES string of the molecule is Fc1ccc(Cc2noc(CNCC3CC3)n2)cc1. The van der Waals surface area contributed by atoms with Crippen molar-refractivity contribution in [1.82, 2.24) is 15.5 Å². The number of benzene rings is 1. The van der Waals surface area contributed by atoms with Gasteiger partial charge in [0.15, 0.2) is 5.82 Å². The van der Waals surface area contributed by atoms with Gasteiger partial charge in [-0.15, -0.1) is 0 Å². The summed E-state index contributed by atoms with van der Waals surface area (Å²) in [6, 6.07) is 6.34. The zero-order chi connectivity index (χ0) is 13.1. The van der Waals surface area contributed by atoms with Crippen molar-refractivity contribution in [1.29, 1.82) is 0 Å². The molecule has 1 saturated carbocycles. The number of nitrogens with one attached hydrogen (secondary N) is 1. The Morgan fingerprint density at radius 2 is 2.05 bits per heavy atom. The molecule has 3 rings (SSSR count). The third-order valence-electron chi connectivity index (χ3n) is 3.19. The fourth-order valence-electron chi connectivity index (χ4n) is 1.92. The van der Waals surface area contributed by atoms with Gasteiger partial charge in [0.05, 0.1) is 6.54 Å². The van der Waals surface area contributed by atoms with Gasteiger partial charge in [0.1, 0.15) is 5.82 Å². The fraction of sp³-hybridized carbons (Fsp3) is 0.429. The Hall–Kier alpha value is -1.75. The summed E-state index contributed by atoms with van der Waals surface area (Å²) in [7, 11) is 0. The van der Waals surface area contributed by atoms with Crippen molar-refractivity contribution in [3.63, 3.8) is 0 Å². The van der Waals surface area contributed by atoms with Gasteiger partial charge in [-0.2, -0.15) is 4.98 Å². The summed E-state index contributed by atoms with van der Waals surface area (Å²) in [4.78, 5) is 4.31. The van der Waals surface area contributed by atoms with Crippen LogP contribution in [-0.2, 0) is 13.0 Å². The highest BCUT2D eigenvalue weighted by Gasteiger charge is 2.20. The van der Waals surface area contributed by atoms with Crippen LogP contribution in [0.5, 0.6) is 0 Å². The molecule has 0 unspecified atom stereocenters. The molecule has 4 nitrogen and oxygen atoms in total. The molecule has 100 valence electrons. The monoisotopic (exact) mass is 261 g/mol. The number of hydrogen-bond acceptors (Lipinski definition) is 4. The molecular formula is C14H16FN3O. The van der Waals surface area contributed by atoms with Crippen LogP contribution in [0.4, 0.5) is 4.39 Å². The van der Waals surface area contributed by atoms with E-state index in [1.807, 2.05) is 0 Å². The van der Waals surface area contributed by atoms with E-state index in [2.05, 4.69) is 15.5 Å². The van der Waals surface area contributed by atoms with E-state index in [0.717, 1.165) is 18.0 Å². The van der Waals surface area contributed by atoms with Gasteiger partial charge in [-0.05, 0) is 43.0 Å². The second kappa shape index (κ2) is 5.48. The van der Waals surface area contributed by atoms with Gasteiger partial charge >= 0.3 is 0 Å². The van der Waals surface area contributed by atoms with E-state index in [1.165, 1.54) is 25.0 Å². The topological polar surface area (TPSA) is 51.0 Å². The molecule has 1 aromatic carbocycles. The van der Waals surface area contributed by atoms with Crippen LogP contribution in [-0.4, -0.2) is 16.7 Å². The zero-order valence-corrected chi connectivity index (χ0v) is 10.6. The molecule has 1 aliphatic carbocycles. The van der Waals surface area contributed by atoms with Crippen LogP contribution < -0.4 is 5.32 Å². The van der Waals surface area contributed by atoms with Crippen molar-refractivity contribution in [3.8, 4) is 0 Å². The second-order valence-electron chi connectivity index (χ2n) is 4.98. The Kier molecular flexibility index (Phi) is 3.55. The minimum absolute atomic E-state index is 0.234. The predicted octanol–water partition coefficient (Wildman–Crippen LogP) is 2.30. The Labute approximate surface area is 111 Å². The molecule has 1 heterocycles. The Morgan fingerprint density at radius 3 is 2.79 bits per heavy atom. The average molecular weight is 261 g/mol. The lowest BCUT2D eigenvalue weighted by Crippen LogP contribution is -2.16. The van der Waals surface area contributed by atoms with E-state index >= 15 is 0 Å². The van der Waals surface area contributed by atoms with Crippen LogP contribution in [0.2, 0.25) is 0 Å². The molecule has 0 radical (unpaired) electrons. The second-order valence-corrected chi connectivity index (χ2v) is 4.98. The first-order chi connectivity index (χ1) is 9.29. The quantitative estimate of drug-likeness (QED) is 0.867. The summed E-state index contributed by atoms with van der Waals surface area (Å²) in [5, 5.41) is 7.23. The maximum atomic E-state index is 12.8. The fourth-order valence-corrected chi connectivity index (χ4v) is 1.92. The van der Waals surface area contributed by atoms with E-state index in [9.17, 15) is 4.39 Å². The molecule has 1 fully saturated rings. The molecule has 0 atom stereocenters. The number of nitrogens with zero attached hydrogens (tertiary/aromatic N) is 2. The number of aromatic nitrogens is 2. The molecule has 0 aliphatic heterocycles. The minimum Gasteiger partial charge on any atom is -0.338 e. The summed E-state index contributed by atoms with van der Waals surface area (Å²) in [5.41, 5.74) is 0.972. The standard InChI is InChI=1S/C14H16FN3O/c15-12-5-3-10(4-6-12)7-13-17-14(19-18-13)9-16-8-11-1-2-11/h3-6,11,16H,1-2,7-9H2. The van der Waals surface area contributed by atoms with Gasteiger partial charge in [0, 0.05) is 6.42 Å². The van der Waals surface area contributed by atoms with Crippen molar-refractivity contribution < 1.29 is 8.91 Å². The van der Waals surface area contributed by atoms with Gasteiger partial charge in [-0.25, -0.2) is 4.39 Å². The van der Waals surface area contributed by atoms with E-state index in [0.29, 0.717) is 24.7 Å². The van der Waals surface area contributed by atoms with E-state index in [-0.39, 0.29) is 5.82 Å². The summed E-state index contributed by atoms with van der Waals surface area (Å²) in [6.45, 7) is 1.64.